The van der Waals surface area contributed by atoms with Gasteiger partial charge < -0.3 is 9.64 Å². The van der Waals surface area contributed by atoms with Crippen LogP contribution in [0, 0.1) is 5.41 Å². The molecule has 1 aliphatic heterocycles. The van der Waals surface area contributed by atoms with Crippen LogP contribution in [0.4, 0.5) is 5.13 Å². The van der Waals surface area contributed by atoms with Gasteiger partial charge in [0.25, 0.3) is 0 Å². The SMILES string of the molecule is CCC1(CC)CCN(c2nc(COC)c(C=O)s2)C1. The van der Waals surface area contributed by atoms with Crippen LogP contribution in [0.3, 0.4) is 0 Å². The van der Waals surface area contributed by atoms with Gasteiger partial charge in [0.05, 0.1) is 17.2 Å². The van der Waals surface area contributed by atoms with E-state index >= 15 is 0 Å². The Morgan fingerprint density at radius 3 is 2.74 bits per heavy atom. The lowest BCUT2D eigenvalue weighted by molar-refractivity contribution is 0.112. The summed E-state index contributed by atoms with van der Waals surface area (Å²) in [5.74, 6) is 0. The van der Waals surface area contributed by atoms with Crippen LogP contribution >= 0.6 is 11.3 Å². The van der Waals surface area contributed by atoms with E-state index in [0.717, 1.165) is 30.2 Å². The third-order valence-electron chi connectivity index (χ3n) is 4.31. The van der Waals surface area contributed by atoms with Gasteiger partial charge in [-0.15, -0.1) is 0 Å². The van der Waals surface area contributed by atoms with Gasteiger partial charge in [-0.2, -0.15) is 0 Å². The monoisotopic (exact) mass is 282 g/mol. The number of anilines is 1. The minimum atomic E-state index is 0.408. The molecule has 0 radical (unpaired) electrons. The van der Waals surface area contributed by atoms with Gasteiger partial charge in [-0.1, -0.05) is 25.2 Å². The van der Waals surface area contributed by atoms with Gasteiger partial charge in [0, 0.05) is 20.2 Å². The van der Waals surface area contributed by atoms with Crippen molar-refractivity contribution >= 4 is 22.8 Å². The number of aldehydes is 1. The molecule has 19 heavy (non-hydrogen) atoms. The largest absolute Gasteiger partial charge is 0.378 e. The van der Waals surface area contributed by atoms with Crippen LogP contribution in [0.25, 0.3) is 0 Å². The zero-order chi connectivity index (χ0) is 13.9. The van der Waals surface area contributed by atoms with E-state index in [4.69, 9.17) is 4.74 Å². The molecule has 2 rings (SSSR count). The zero-order valence-corrected chi connectivity index (χ0v) is 12.8. The molecule has 106 valence electrons. The van der Waals surface area contributed by atoms with Crippen LogP contribution in [-0.2, 0) is 11.3 Å². The maximum absolute atomic E-state index is 11.1. The summed E-state index contributed by atoms with van der Waals surface area (Å²) < 4.78 is 5.10. The first-order chi connectivity index (χ1) is 9.18. The van der Waals surface area contributed by atoms with Gasteiger partial charge in [-0.25, -0.2) is 4.98 Å². The van der Waals surface area contributed by atoms with Crippen molar-refractivity contribution in [2.24, 2.45) is 5.41 Å². The second-order valence-corrected chi connectivity index (χ2v) is 6.25. The molecule has 1 aromatic rings. The van der Waals surface area contributed by atoms with Crippen molar-refractivity contribution in [1.82, 2.24) is 4.98 Å². The smallest absolute Gasteiger partial charge is 0.186 e. The Bertz CT molecular complexity index is 441. The molecule has 4 nitrogen and oxygen atoms in total. The highest BCUT2D eigenvalue weighted by atomic mass is 32.1. The number of aromatic nitrogens is 1. The number of carbonyl (C=O) groups is 1. The van der Waals surface area contributed by atoms with E-state index in [-0.39, 0.29) is 0 Å². The highest BCUT2D eigenvalue weighted by Crippen LogP contribution is 2.40. The van der Waals surface area contributed by atoms with Crippen molar-refractivity contribution in [2.45, 2.75) is 39.7 Å². The van der Waals surface area contributed by atoms with E-state index < -0.39 is 0 Å². The minimum absolute atomic E-state index is 0.408. The van der Waals surface area contributed by atoms with Crippen LogP contribution < -0.4 is 4.90 Å². The second kappa shape index (κ2) is 6.01. The first kappa shape index (κ1) is 14.5. The summed E-state index contributed by atoms with van der Waals surface area (Å²) in [6.45, 7) is 7.04. The number of carbonyl (C=O) groups excluding carboxylic acids is 1. The lowest BCUT2D eigenvalue weighted by Gasteiger charge is -2.26. The molecule has 1 aromatic heterocycles. The van der Waals surface area contributed by atoms with E-state index in [0.29, 0.717) is 16.9 Å². The van der Waals surface area contributed by atoms with Gasteiger partial charge in [-0.05, 0) is 24.7 Å². The highest BCUT2D eigenvalue weighted by Gasteiger charge is 2.36. The Morgan fingerprint density at radius 1 is 1.47 bits per heavy atom. The fourth-order valence-corrected chi connectivity index (χ4v) is 3.65. The molecule has 0 atom stereocenters. The first-order valence-corrected chi connectivity index (χ1v) is 7.68. The molecule has 0 bridgehead atoms. The van der Waals surface area contributed by atoms with Crippen LogP contribution in [0.5, 0.6) is 0 Å². The molecular weight excluding hydrogens is 260 g/mol. The molecule has 0 amide bonds. The Kier molecular flexibility index (Phi) is 4.58. The number of thiazole rings is 1. The average molecular weight is 282 g/mol. The molecule has 5 heteroatoms. The Labute approximate surface area is 118 Å². The zero-order valence-electron chi connectivity index (χ0n) is 11.9. The summed E-state index contributed by atoms with van der Waals surface area (Å²) in [7, 11) is 1.63. The summed E-state index contributed by atoms with van der Waals surface area (Å²) in [5, 5.41) is 0.970. The molecule has 1 saturated heterocycles. The Morgan fingerprint density at radius 2 is 2.21 bits per heavy atom. The van der Waals surface area contributed by atoms with Crippen molar-refractivity contribution in [3.8, 4) is 0 Å². The summed E-state index contributed by atoms with van der Waals surface area (Å²) in [6.07, 6.45) is 4.52. The normalized spacial score (nSPS) is 17.9. The summed E-state index contributed by atoms with van der Waals surface area (Å²) in [5.41, 5.74) is 1.19. The highest BCUT2D eigenvalue weighted by molar-refractivity contribution is 7.17. The molecule has 0 unspecified atom stereocenters. The standard InChI is InChI=1S/C14H22N2O2S/c1-4-14(5-2)6-7-16(10-14)13-15-11(9-18-3)12(8-17)19-13/h8H,4-7,9-10H2,1-3H3. The fraction of sp³-hybridized carbons (Fsp3) is 0.714. The second-order valence-electron chi connectivity index (χ2n) is 5.24. The lowest BCUT2D eigenvalue weighted by Crippen LogP contribution is -2.26. The lowest BCUT2D eigenvalue weighted by atomic mass is 9.82. The number of hydrogen-bond donors (Lipinski definition) is 0. The van der Waals surface area contributed by atoms with Crippen LogP contribution in [-0.4, -0.2) is 31.5 Å². The predicted molar refractivity (Wildman–Crippen MR) is 78.1 cm³/mol. The predicted octanol–water partition coefficient (Wildman–Crippen LogP) is 3.12. The number of hydrogen-bond acceptors (Lipinski definition) is 5. The molecule has 0 aliphatic carbocycles. The van der Waals surface area contributed by atoms with E-state index in [1.54, 1.807) is 7.11 Å². The van der Waals surface area contributed by atoms with E-state index in [2.05, 4.69) is 23.7 Å². The van der Waals surface area contributed by atoms with Gasteiger partial charge in [0.2, 0.25) is 0 Å². The molecule has 1 aliphatic rings. The van der Waals surface area contributed by atoms with Gasteiger partial charge in [-0.3, -0.25) is 4.79 Å². The molecule has 0 spiro atoms. The molecule has 0 aromatic carbocycles. The van der Waals surface area contributed by atoms with Gasteiger partial charge >= 0.3 is 0 Å². The number of methoxy groups -OCH3 is 1. The van der Waals surface area contributed by atoms with E-state index in [9.17, 15) is 4.79 Å². The van der Waals surface area contributed by atoms with Gasteiger partial charge in [0.1, 0.15) is 0 Å². The van der Waals surface area contributed by atoms with Crippen molar-refractivity contribution in [3.63, 3.8) is 0 Å². The number of ether oxygens (including phenoxy) is 1. The molecule has 1 fully saturated rings. The summed E-state index contributed by atoms with van der Waals surface area (Å²) in [4.78, 5) is 18.7. The van der Waals surface area contributed by atoms with E-state index in [1.807, 2.05) is 0 Å². The minimum Gasteiger partial charge on any atom is -0.378 e. The maximum Gasteiger partial charge on any atom is 0.186 e. The van der Waals surface area contributed by atoms with Crippen LogP contribution in [0.15, 0.2) is 0 Å². The number of rotatable bonds is 6. The molecule has 2 heterocycles. The quantitative estimate of drug-likeness (QED) is 0.752. The first-order valence-electron chi connectivity index (χ1n) is 6.86. The third kappa shape index (κ3) is 2.82. The topological polar surface area (TPSA) is 42.4 Å². The van der Waals surface area contributed by atoms with Crippen molar-refractivity contribution < 1.29 is 9.53 Å². The average Bonchev–Trinajstić information content (AvgIpc) is 3.03. The van der Waals surface area contributed by atoms with E-state index in [1.165, 1.54) is 30.6 Å². The number of nitrogens with zero attached hydrogens (tertiary/aromatic N) is 2. The summed E-state index contributed by atoms with van der Waals surface area (Å²) >= 11 is 1.49. The van der Waals surface area contributed by atoms with Gasteiger partial charge in [0.15, 0.2) is 11.4 Å². The molecular formula is C14H22N2O2S. The maximum atomic E-state index is 11.1. The van der Waals surface area contributed by atoms with Crippen LogP contribution in [0.2, 0.25) is 0 Å². The Balaban J connectivity index is 2.17. The third-order valence-corrected chi connectivity index (χ3v) is 5.40. The fourth-order valence-electron chi connectivity index (χ4n) is 2.74. The van der Waals surface area contributed by atoms with Crippen LogP contribution in [0.1, 0.15) is 48.5 Å². The molecule has 0 saturated carbocycles. The Hall–Kier alpha value is -0.940. The van der Waals surface area contributed by atoms with Crippen molar-refractivity contribution in [1.29, 1.82) is 0 Å². The van der Waals surface area contributed by atoms with Crippen molar-refractivity contribution in [2.75, 3.05) is 25.1 Å². The summed E-state index contributed by atoms with van der Waals surface area (Å²) in [6, 6.07) is 0. The van der Waals surface area contributed by atoms with Crippen molar-refractivity contribution in [3.05, 3.63) is 10.6 Å². The molecule has 0 N–H and O–H groups in total.